The third kappa shape index (κ3) is 4.94. The molecule has 4 aromatic rings. The van der Waals surface area contributed by atoms with Gasteiger partial charge in [0.2, 0.25) is 5.89 Å². The van der Waals surface area contributed by atoms with Gasteiger partial charge in [-0.1, -0.05) is 61.4 Å². The van der Waals surface area contributed by atoms with Gasteiger partial charge in [0.05, 0.1) is 32.8 Å². The lowest BCUT2D eigenvalue weighted by atomic mass is 9.70. The van der Waals surface area contributed by atoms with Gasteiger partial charge >= 0.3 is 6.01 Å². The fourth-order valence-electron chi connectivity index (χ4n) is 7.26. The molecule has 0 saturated heterocycles. The van der Waals surface area contributed by atoms with Crippen LogP contribution in [-0.4, -0.2) is 78.9 Å². The number of anilines is 1. The van der Waals surface area contributed by atoms with Gasteiger partial charge in [-0.3, -0.25) is 0 Å². The molecule has 244 valence electrons. The molecule has 0 radical (unpaired) electrons. The van der Waals surface area contributed by atoms with Crippen molar-refractivity contribution >= 4 is 6.01 Å². The molecule has 2 unspecified atom stereocenters. The van der Waals surface area contributed by atoms with Crippen LogP contribution in [0.25, 0.3) is 0 Å². The van der Waals surface area contributed by atoms with E-state index >= 15 is 0 Å². The van der Waals surface area contributed by atoms with Gasteiger partial charge in [-0.25, -0.2) is 0 Å². The third-order valence-corrected chi connectivity index (χ3v) is 9.50. The number of benzene rings is 3. The van der Waals surface area contributed by atoms with Crippen molar-refractivity contribution in [3.05, 3.63) is 89.3 Å². The number of hydrogen-bond donors (Lipinski definition) is 3. The molecule has 0 bridgehead atoms. The number of methoxy groups -OCH3 is 3. The van der Waals surface area contributed by atoms with E-state index in [0.29, 0.717) is 40.7 Å². The van der Waals surface area contributed by atoms with E-state index < -0.39 is 29.1 Å². The minimum Gasteiger partial charge on any atom is -0.497 e. The number of fused-ring (bicyclic) bond motifs is 3. The van der Waals surface area contributed by atoms with Gasteiger partial charge in [-0.15, -0.1) is 5.10 Å². The number of nitrogens with one attached hydrogen (secondary N) is 1. The Hall–Kier alpha value is -4.32. The first-order chi connectivity index (χ1) is 22.4. The number of aliphatic hydroxyl groups is 2. The summed E-state index contributed by atoms with van der Waals surface area (Å²) >= 11 is 0. The Kier molecular flexibility index (Phi) is 8.82. The number of rotatable bonds is 13. The third-order valence-electron chi connectivity index (χ3n) is 9.50. The molecule has 1 fully saturated rings. The Morgan fingerprint density at radius 1 is 0.913 bits per heavy atom. The standard InChI is InChI=1S/C35H42N4O7/c1-6-39(7-2)19-11-18-36-33-38-37-32(45-33)28-29(22-12-9-8-10-13-22)35(23-14-16-24(42-3)17-15-23)34(41,31(28)40)30-26(44-5)20-25(43-4)21-27(30)46-35/h8-10,12-17,20-21,28-29,31,40-41H,6-7,11,18-19H2,1-5H3,(H,36,38)/t28-,29?,31-,34?,35+/m1/s1. The Morgan fingerprint density at radius 2 is 1.63 bits per heavy atom. The van der Waals surface area contributed by atoms with E-state index in [1.165, 1.54) is 7.11 Å². The first-order valence-electron chi connectivity index (χ1n) is 15.7. The van der Waals surface area contributed by atoms with E-state index in [1.807, 2.05) is 54.6 Å². The van der Waals surface area contributed by atoms with Gasteiger partial charge < -0.3 is 43.8 Å². The normalized spacial score (nSPS) is 24.7. The molecule has 1 aromatic heterocycles. The van der Waals surface area contributed by atoms with Gasteiger partial charge in [0.25, 0.3) is 0 Å². The molecule has 2 heterocycles. The number of hydrogen-bond acceptors (Lipinski definition) is 11. The first-order valence-corrected chi connectivity index (χ1v) is 15.7. The maximum Gasteiger partial charge on any atom is 0.315 e. The Balaban J connectivity index is 1.50. The molecule has 3 aromatic carbocycles. The van der Waals surface area contributed by atoms with Crippen molar-refractivity contribution in [2.75, 3.05) is 52.8 Å². The number of aliphatic hydroxyl groups excluding tert-OH is 1. The van der Waals surface area contributed by atoms with Crippen molar-refractivity contribution < 1.29 is 33.6 Å². The summed E-state index contributed by atoms with van der Waals surface area (Å²) in [7, 11) is 4.65. The summed E-state index contributed by atoms with van der Waals surface area (Å²) in [4.78, 5) is 2.35. The van der Waals surface area contributed by atoms with Crippen molar-refractivity contribution in [2.24, 2.45) is 0 Å². The van der Waals surface area contributed by atoms with E-state index in [2.05, 4.69) is 34.3 Å². The second-order valence-electron chi connectivity index (χ2n) is 11.6. The van der Waals surface area contributed by atoms with Crippen LogP contribution in [0.15, 0.2) is 71.1 Å². The van der Waals surface area contributed by atoms with Crippen LogP contribution < -0.4 is 24.3 Å². The maximum absolute atomic E-state index is 13.2. The summed E-state index contributed by atoms with van der Waals surface area (Å²) in [6.07, 6.45) is -0.564. The van der Waals surface area contributed by atoms with Crippen LogP contribution in [0.4, 0.5) is 6.01 Å². The molecule has 11 heteroatoms. The zero-order valence-electron chi connectivity index (χ0n) is 26.9. The van der Waals surface area contributed by atoms with Gasteiger partial charge in [0, 0.05) is 24.6 Å². The molecule has 3 N–H and O–H groups in total. The topological polar surface area (TPSA) is 132 Å². The van der Waals surface area contributed by atoms with Crippen LogP contribution in [0.1, 0.15) is 54.7 Å². The Morgan fingerprint density at radius 3 is 2.28 bits per heavy atom. The van der Waals surface area contributed by atoms with Crippen molar-refractivity contribution in [3.8, 4) is 23.0 Å². The largest absolute Gasteiger partial charge is 0.497 e. The highest BCUT2D eigenvalue weighted by atomic mass is 16.5. The van der Waals surface area contributed by atoms with Crippen molar-refractivity contribution in [1.82, 2.24) is 15.1 Å². The van der Waals surface area contributed by atoms with E-state index in [-0.39, 0.29) is 11.9 Å². The maximum atomic E-state index is 13.2. The lowest BCUT2D eigenvalue weighted by molar-refractivity contribution is -0.151. The molecule has 1 aliphatic heterocycles. The number of ether oxygens (including phenoxy) is 4. The van der Waals surface area contributed by atoms with Gasteiger partial charge in [-0.2, -0.15) is 0 Å². The molecular formula is C35H42N4O7. The molecule has 5 atom stereocenters. The average Bonchev–Trinajstić information content (AvgIpc) is 3.72. The fraction of sp³-hybridized carbons (Fsp3) is 0.429. The van der Waals surface area contributed by atoms with Crippen LogP contribution >= 0.6 is 0 Å². The van der Waals surface area contributed by atoms with Crippen molar-refractivity contribution in [2.45, 2.75) is 49.4 Å². The molecule has 1 aliphatic carbocycles. The lowest BCUT2D eigenvalue weighted by Gasteiger charge is -2.40. The Labute approximate surface area is 269 Å². The van der Waals surface area contributed by atoms with E-state index in [1.54, 1.807) is 26.4 Å². The zero-order chi connectivity index (χ0) is 32.5. The molecule has 2 aliphatic rings. The average molecular weight is 631 g/mol. The highest BCUT2D eigenvalue weighted by Crippen LogP contribution is 2.72. The summed E-state index contributed by atoms with van der Waals surface area (Å²) < 4.78 is 30.0. The molecule has 0 amide bonds. The molecule has 46 heavy (non-hydrogen) atoms. The second kappa shape index (κ2) is 12.8. The van der Waals surface area contributed by atoms with E-state index in [9.17, 15) is 10.2 Å². The summed E-state index contributed by atoms with van der Waals surface area (Å²) in [5.41, 5.74) is -1.83. The van der Waals surface area contributed by atoms with Crippen LogP contribution in [0, 0.1) is 0 Å². The summed E-state index contributed by atoms with van der Waals surface area (Å²) in [5.74, 6) is 0.405. The minimum atomic E-state index is -2.02. The lowest BCUT2D eigenvalue weighted by Crippen LogP contribution is -2.52. The highest BCUT2D eigenvalue weighted by Gasteiger charge is 2.78. The molecule has 0 spiro atoms. The highest BCUT2D eigenvalue weighted by molar-refractivity contribution is 5.63. The molecule has 11 nitrogen and oxygen atoms in total. The second-order valence-corrected chi connectivity index (χ2v) is 11.6. The Bertz CT molecular complexity index is 1630. The van der Waals surface area contributed by atoms with E-state index in [0.717, 1.165) is 31.6 Å². The van der Waals surface area contributed by atoms with Gasteiger partial charge in [-0.05, 0) is 49.3 Å². The quantitative estimate of drug-likeness (QED) is 0.178. The minimum absolute atomic E-state index is 0.181. The SMILES string of the molecule is CCN(CC)CCCNc1nnc([C@@H]2C(c3ccccc3)[C@]3(c4ccc(OC)cc4)Oc4cc(OC)cc(OC)c4C3(O)[C@@H]2O)o1. The molecular weight excluding hydrogens is 588 g/mol. The zero-order valence-corrected chi connectivity index (χ0v) is 26.9. The molecule has 1 saturated carbocycles. The smallest absolute Gasteiger partial charge is 0.315 e. The summed E-state index contributed by atoms with van der Waals surface area (Å²) in [5, 5.41) is 37.6. The predicted molar refractivity (Wildman–Crippen MR) is 172 cm³/mol. The monoisotopic (exact) mass is 630 g/mol. The van der Waals surface area contributed by atoms with Crippen molar-refractivity contribution in [3.63, 3.8) is 0 Å². The fourth-order valence-corrected chi connectivity index (χ4v) is 7.26. The van der Waals surface area contributed by atoms with Gasteiger partial charge in [0.1, 0.15) is 29.1 Å². The van der Waals surface area contributed by atoms with E-state index in [4.69, 9.17) is 23.4 Å². The van der Waals surface area contributed by atoms with Crippen molar-refractivity contribution in [1.29, 1.82) is 0 Å². The summed E-state index contributed by atoms with van der Waals surface area (Å²) in [6, 6.07) is 20.6. The molecule has 6 rings (SSSR count). The first kappa shape index (κ1) is 31.7. The van der Waals surface area contributed by atoms with Crippen LogP contribution in [0.5, 0.6) is 23.0 Å². The van der Waals surface area contributed by atoms with Crippen LogP contribution in [0.2, 0.25) is 0 Å². The summed E-state index contributed by atoms with van der Waals surface area (Å²) in [6.45, 7) is 7.86. The van der Waals surface area contributed by atoms with Gasteiger partial charge in [0.15, 0.2) is 11.2 Å². The van der Waals surface area contributed by atoms with Crippen LogP contribution in [-0.2, 0) is 11.2 Å². The predicted octanol–water partition coefficient (Wildman–Crippen LogP) is 4.66. The number of nitrogens with zero attached hydrogens (tertiary/aromatic N) is 3. The van der Waals surface area contributed by atoms with Crippen LogP contribution in [0.3, 0.4) is 0 Å². The number of aromatic nitrogens is 2.